The Labute approximate surface area is 177 Å². The molecule has 7 nitrogen and oxygen atoms in total. The molecule has 1 N–H and O–H groups in total. The number of hydrogen-bond acceptors (Lipinski definition) is 5. The number of nitrogens with one attached hydrogen (secondary N) is 1. The monoisotopic (exact) mass is 420 g/mol. The highest BCUT2D eigenvalue weighted by Gasteiger charge is 2.52. The first-order valence-electron chi connectivity index (χ1n) is 9.30. The van der Waals surface area contributed by atoms with Gasteiger partial charge in [-0.25, -0.2) is 4.68 Å². The first-order valence-corrected chi connectivity index (χ1v) is 9.68. The summed E-state index contributed by atoms with van der Waals surface area (Å²) >= 11 is 5.91. The van der Waals surface area contributed by atoms with Gasteiger partial charge in [-0.2, -0.15) is 10.4 Å². The topological polar surface area (TPSA) is 97.0 Å². The van der Waals surface area contributed by atoms with Crippen LogP contribution in [0.15, 0.2) is 60.8 Å². The quantitative estimate of drug-likeness (QED) is 0.614. The summed E-state index contributed by atoms with van der Waals surface area (Å²) < 4.78 is 6.74. The molecule has 1 fully saturated rings. The molecule has 0 radical (unpaired) electrons. The van der Waals surface area contributed by atoms with Gasteiger partial charge in [0.25, 0.3) is 5.91 Å². The average Bonchev–Trinajstić information content (AvgIpc) is 3.48. The molecule has 150 valence electrons. The lowest BCUT2D eigenvalue weighted by atomic mass is 9.96. The Morgan fingerprint density at radius 3 is 2.50 bits per heavy atom. The number of ether oxygens (including phenoxy) is 1. The zero-order valence-corrected chi connectivity index (χ0v) is 16.6. The Morgan fingerprint density at radius 2 is 1.87 bits per heavy atom. The molecule has 3 aromatic rings. The summed E-state index contributed by atoms with van der Waals surface area (Å²) in [4.78, 5) is 25.1. The summed E-state index contributed by atoms with van der Waals surface area (Å²) in [5.41, 5.74) is 1.00. The van der Waals surface area contributed by atoms with Crippen LogP contribution in [0.1, 0.15) is 24.0 Å². The maximum absolute atomic E-state index is 12.6. The lowest BCUT2D eigenvalue weighted by molar-refractivity contribution is -0.150. The van der Waals surface area contributed by atoms with Crippen molar-refractivity contribution >= 4 is 29.3 Å². The highest BCUT2D eigenvalue weighted by molar-refractivity contribution is 6.30. The molecule has 0 aliphatic heterocycles. The lowest BCUT2D eigenvalue weighted by Crippen LogP contribution is -2.28. The van der Waals surface area contributed by atoms with E-state index in [1.165, 1.54) is 10.9 Å². The number of nitrogens with zero attached hydrogens (tertiary/aromatic N) is 3. The number of carbonyl (C=O) groups is 2. The molecular formula is C22H17ClN4O3. The molecule has 4 rings (SSSR count). The minimum Gasteiger partial charge on any atom is -0.455 e. The molecule has 0 bridgehead atoms. The molecule has 30 heavy (non-hydrogen) atoms. The fraction of sp³-hybridized carbons (Fsp3) is 0.182. The summed E-state index contributed by atoms with van der Waals surface area (Å²) in [5, 5.41) is 16.7. The van der Waals surface area contributed by atoms with Crippen LogP contribution in [0.5, 0.6) is 0 Å². The van der Waals surface area contributed by atoms with Crippen molar-refractivity contribution in [3.63, 3.8) is 0 Å². The second kappa shape index (κ2) is 8.01. The smallest absolute Gasteiger partial charge is 0.317 e. The van der Waals surface area contributed by atoms with Crippen LogP contribution in [0.3, 0.4) is 0 Å². The third kappa shape index (κ3) is 3.78. The Bertz CT molecular complexity index is 1130. The molecular weight excluding hydrogens is 404 g/mol. The van der Waals surface area contributed by atoms with E-state index < -0.39 is 23.9 Å². The van der Waals surface area contributed by atoms with Crippen molar-refractivity contribution in [2.24, 2.45) is 0 Å². The predicted octanol–water partition coefficient (Wildman–Crippen LogP) is 3.61. The second-order valence-electron chi connectivity index (χ2n) is 6.98. The van der Waals surface area contributed by atoms with Gasteiger partial charge in [0.15, 0.2) is 12.4 Å². The number of aromatic nitrogens is 2. The van der Waals surface area contributed by atoms with E-state index in [9.17, 15) is 14.9 Å². The number of hydrogen-bond donors (Lipinski definition) is 1. The Hall–Kier alpha value is -3.63. The van der Waals surface area contributed by atoms with Gasteiger partial charge in [-0.1, -0.05) is 41.9 Å². The van der Waals surface area contributed by atoms with Gasteiger partial charge in [-0.3, -0.25) is 9.59 Å². The van der Waals surface area contributed by atoms with Crippen molar-refractivity contribution in [3.8, 4) is 11.8 Å². The van der Waals surface area contributed by atoms with Crippen molar-refractivity contribution < 1.29 is 14.3 Å². The second-order valence-corrected chi connectivity index (χ2v) is 7.42. The van der Waals surface area contributed by atoms with E-state index in [0.717, 1.165) is 5.56 Å². The number of para-hydroxylation sites is 1. The van der Waals surface area contributed by atoms with Crippen LogP contribution in [0.4, 0.5) is 5.82 Å². The number of nitriles is 1. The summed E-state index contributed by atoms with van der Waals surface area (Å²) in [6, 6.07) is 18.1. The zero-order valence-electron chi connectivity index (χ0n) is 15.8. The first kappa shape index (κ1) is 19.7. The number of halogens is 1. The Balaban J connectivity index is 1.44. The molecule has 1 aliphatic carbocycles. The van der Waals surface area contributed by atoms with E-state index >= 15 is 0 Å². The summed E-state index contributed by atoms with van der Waals surface area (Å²) in [5.74, 6) is -0.773. The number of rotatable bonds is 6. The molecule has 1 heterocycles. The number of benzene rings is 2. The van der Waals surface area contributed by atoms with Crippen LogP contribution >= 0.6 is 11.6 Å². The van der Waals surface area contributed by atoms with Gasteiger partial charge < -0.3 is 10.1 Å². The Kier molecular flexibility index (Phi) is 5.25. The molecule has 0 atom stereocenters. The van der Waals surface area contributed by atoms with E-state index in [1.807, 2.05) is 24.3 Å². The molecule has 1 amide bonds. The maximum atomic E-state index is 12.6. The molecule has 0 spiro atoms. The predicted molar refractivity (Wildman–Crippen MR) is 110 cm³/mol. The van der Waals surface area contributed by atoms with Gasteiger partial charge in [-0.15, -0.1) is 0 Å². The molecule has 1 aliphatic rings. The maximum Gasteiger partial charge on any atom is 0.317 e. The van der Waals surface area contributed by atoms with Crippen molar-refractivity contribution in [1.82, 2.24) is 9.78 Å². The van der Waals surface area contributed by atoms with Crippen molar-refractivity contribution in [3.05, 3.63) is 76.9 Å². The molecule has 0 unspecified atom stereocenters. The van der Waals surface area contributed by atoms with E-state index in [1.54, 1.807) is 36.4 Å². The van der Waals surface area contributed by atoms with Gasteiger partial charge in [-0.05, 0) is 42.7 Å². The highest BCUT2D eigenvalue weighted by atomic mass is 35.5. The molecule has 0 saturated heterocycles. The minimum absolute atomic E-state index is 0.207. The molecule has 2 aromatic carbocycles. The number of anilines is 1. The van der Waals surface area contributed by atoms with Crippen LogP contribution < -0.4 is 5.32 Å². The third-order valence-electron chi connectivity index (χ3n) is 5.02. The average molecular weight is 421 g/mol. The van der Waals surface area contributed by atoms with E-state index in [4.69, 9.17) is 16.3 Å². The summed E-state index contributed by atoms with van der Waals surface area (Å²) in [6.07, 6.45) is 2.69. The SMILES string of the molecule is N#Cc1cnn(-c2ccccc2)c1NC(=O)COC(=O)C1(c2ccc(Cl)cc2)CC1. The van der Waals surface area contributed by atoms with Crippen LogP contribution in [0.2, 0.25) is 5.02 Å². The number of amides is 1. The van der Waals surface area contributed by atoms with Gasteiger partial charge in [0.1, 0.15) is 11.6 Å². The van der Waals surface area contributed by atoms with E-state index in [-0.39, 0.29) is 11.4 Å². The Morgan fingerprint density at radius 1 is 1.17 bits per heavy atom. The van der Waals surface area contributed by atoms with Gasteiger partial charge in [0, 0.05) is 5.02 Å². The van der Waals surface area contributed by atoms with Crippen LogP contribution in [-0.4, -0.2) is 28.3 Å². The minimum atomic E-state index is -0.714. The van der Waals surface area contributed by atoms with E-state index in [2.05, 4.69) is 10.4 Å². The van der Waals surface area contributed by atoms with Gasteiger partial charge >= 0.3 is 5.97 Å². The normalized spacial score (nSPS) is 13.9. The fourth-order valence-corrected chi connectivity index (χ4v) is 3.38. The van der Waals surface area contributed by atoms with Crippen LogP contribution in [-0.2, 0) is 19.7 Å². The molecule has 1 aromatic heterocycles. The number of esters is 1. The summed E-state index contributed by atoms with van der Waals surface area (Å²) in [6.45, 7) is -0.459. The molecule has 1 saturated carbocycles. The third-order valence-corrected chi connectivity index (χ3v) is 5.27. The van der Waals surface area contributed by atoms with E-state index in [0.29, 0.717) is 23.6 Å². The van der Waals surface area contributed by atoms with Gasteiger partial charge in [0.2, 0.25) is 0 Å². The van der Waals surface area contributed by atoms with Crippen molar-refractivity contribution in [1.29, 1.82) is 5.26 Å². The van der Waals surface area contributed by atoms with Crippen molar-refractivity contribution in [2.45, 2.75) is 18.3 Å². The zero-order chi connectivity index (χ0) is 21.1. The van der Waals surface area contributed by atoms with Crippen LogP contribution in [0.25, 0.3) is 5.69 Å². The van der Waals surface area contributed by atoms with Crippen LogP contribution in [0, 0.1) is 11.3 Å². The lowest BCUT2D eigenvalue weighted by Gasteiger charge is -2.15. The molecule has 8 heteroatoms. The summed E-state index contributed by atoms with van der Waals surface area (Å²) in [7, 11) is 0. The fourth-order valence-electron chi connectivity index (χ4n) is 3.26. The van der Waals surface area contributed by atoms with Crippen molar-refractivity contribution in [2.75, 3.05) is 11.9 Å². The number of carbonyl (C=O) groups excluding carboxylic acids is 2. The first-order chi connectivity index (χ1) is 14.5. The standard InChI is InChI=1S/C22H17ClN4O3/c23-17-8-6-16(7-9-17)22(10-11-22)21(29)30-14-19(28)26-20-15(12-24)13-25-27(20)18-4-2-1-3-5-18/h1-9,13H,10-11,14H2,(H,26,28). The largest absolute Gasteiger partial charge is 0.455 e. The highest BCUT2D eigenvalue weighted by Crippen LogP contribution is 2.49. The van der Waals surface area contributed by atoms with Gasteiger partial charge in [0.05, 0.1) is 17.3 Å².